The van der Waals surface area contributed by atoms with Crippen molar-refractivity contribution in [3.8, 4) is 0 Å². The number of hydrogen-bond donors (Lipinski definition) is 2. The summed E-state index contributed by atoms with van der Waals surface area (Å²) in [6.07, 6.45) is 1.62. The second-order valence-corrected chi connectivity index (χ2v) is 3.45. The Hall–Kier alpha value is -0.160. The van der Waals surface area contributed by atoms with E-state index in [9.17, 15) is 0 Å². The van der Waals surface area contributed by atoms with E-state index in [0.29, 0.717) is 19.9 Å². The molecule has 1 aliphatic rings. The molecule has 0 unspecified atom stereocenters. The van der Waals surface area contributed by atoms with E-state index >= 15 is 0 Å². The van der Waals surface area contributed by atoms with Crippen molar-refractivity contribution in [2.45, 2.75) is 19.4 Å². The van der Waals surface area contributed by atoms with Gasteiger partial charge in [0.05, 0.1) is 6.54 Å². The Kier molecular flexibility index (Phi) is 8.34. The molecule has 3 N–H and O–H groups in total. The first-order chi connectivity index (χ1) is 5.64. The molecule has 0 saturated heterocycles. The molecule has 0 aliphatic carbocycles. The fourth-order valence-corrected chi connectivity index (χ4v) is 0.762. The zero-order valence-electron chi connectivity index (χ0n) is 8.41. The maximum absolute atomic E-state index is 5.54. The van der Waals surface area contributed by atoms with Crippen LogP contribution in [0.2, 0.25) is 0 Å². The Labute approximate surface area is 97.0 Å². The Morgan fingerprint density at radius 3 is 2.57 bits per heavy atom. The molecule has 4 nitrogen and oxygen atoms in total. The third-order valence-corrected chi connectivity index (χ3v) is 1.78. The minimum absolute atomic E-state index is 0. The third-order valence-electron chi connectivity index (χ3n) is 1.78. The molecule has 0 aromatic carbocycles. The van der Waals surface area contributed by atoms with Crippen LogP contribution in [0.1, 0.15) is 13.8 Å². The molecule has 0 radical (unpaired) electrons. The van der Waals surface area contributed by atoms with Gasteiger partial charge in [0.15, 0.2) is 0 Å². The van der Waals surface area contributed by atoms with E-state index in [-0.39, 0.29) is 30.4 Å². The van der Waals surface area contributed by atoms with E-state index in [1.807, 2.05) is 13.8 Å². The van der Waals surface area contributed by atoms with Gasteiger partial charge >= 0.3 is 0 Å². The van der Waals surface area contributed by atoms with Gasteiger partial charge < -0.3 is 20.5 Å². The molecule has 0 aromatic rings. The van der Waals surface area contributed by atoms with E-state index in [2.05, 4.69) is 5.32 Å². The number of ether oxygens (including phenoxy) is 2. The summed E-state index contributed by atoms with van der Waals surface area (Å²) in [7, 11) is 0. The number of nitrogens with one attached hydrogen (secondary N) is 1. The summed E-state index contributed by atoms with van der Waals surface area (Å²) in [6.45, 7) is 5.69. The monoisotopic (exact) mass is 244 g/mol. The van der Waals surface area contributed by atoms with Crippen LogP contribution < -0.4 is 11.1 Å². The first-order valence-electron chi connectivity index (χ1n) is 4.02. The summed E-state index contributed by atoms with van der Waals surface area (Å²) in [5, 5.41) is 3.25. The van der Waals surface area contributed by atoms with Crippen LogP contribution in [0.5, 0.6) is 0 Å². The van der Waals surface area contributed by atoms with E-state index in [0.717, 1.165) is 5.76 Å². The molecule has 1 heterocycles. The number of rotatable bonds is 4. The van der Waals surface area contributed by atoms with Crippen LogP contribution >= 0.6 is 24.8 Å². The summed E-state index contributed by atoms with van der Waals surface area (Å²) >= 11 is 0. The van der Waals surface area contributed by atoms with Crippen molar-refractivity contribution >= 4 is 24.8 Å². The lowest BCUT2D eigenvalue weighted by Crippen LogP contribution is -2.46. The fourth-order valence-electron chi connectivity index (χ4n) is 0.762. The predicted octanol–water partition coefficient (Wildman–Crippen LogP) is 1.00. The first kappa shape index (κ1) is 16.3. The Bertz CT molecular complexity index is 186. The van der Waals surface area contributed by atoms with Gasteiger partial charge in [0, 0.05) is 12.1 Å². The molecule has 1 rings (SSSR count). The topological polar surface area (TPSA) is 56.5 Å². The highest BCUT2D eigenvalue weighted by atomic mass is 35.5. The normalized spacial score (nSPS) is 14.4. The van der Waals surface area contributed by atoms with Gasteiger partial charge in [-0.25, -0.2) is 0 Å². The molecular formula is C8H18Cl2N2O2. The van der Waals surface area contributed by atoms with Crippen LogP contribution in [0.15, 0.2) is 12.0 Å². The molecule has 0 bridgehead atoms. The molecule has 86 valence electrons. The van der Waals surface area contributed by atoms with Crippen LogP contribution in [-0.4, -0.2) is 25.4 Å². The van der Waals surface area contributed by atoms with Crippen LogP contribution in [0.3, 0.4) is 0 Å². The quantitative estimate of drug-likeness (QED) is 0.775. The van der Waals surface area contributed by atoms with Gasteiger partial charge in [0.2, 0.25) is 6.79 Å². The van der Waals surface area contributed by atoms with Crippen molar-refractivity contribution < 1.29 is 9.47 Å². The highest BCUT2D eigenvalue weighted by molar-refractivity contribution is 5.85. The third kappa shape index (κ3) is 5.54. The fraction of sp³-hybridized carbons (Fsp3) is 0.750. The molecule has 0 amide bonds. The lowest BCUT2D eigenvalue weighted by atomic mass is 10.1. The summed E-state index contributed by atoms with van der Waals surface area (Å²) in [6, 6.07) is 0. The highest BCUT2D eigenvalue weighted by Gasteiger charge is 2.16. The standard InChI is InChI=1S/C8H16N2O2.2ClH/c1-8(2,5-9)10-3-7-4-11-6-12-7;;/h4,10H,3,5-6,9H2,1-2H3;2*1H. The van der Waals surface area contributed by atoms with Crippen molar-refractivity contribution in [1.82, 2.24) is 5.32 Å². The summed E-state index contributed by atoms with van der Waals surface area (Å²) in [5.74, 6) is 0.830. The molecule has 0 saturated carbocycles. The van der Waals surface area contributed by atoms with Crippen LogP contribution in [-0.2, 0) is 9.47 Å². The zero-order chi connectivity index (χ0) is 9.03. The summed E-state index contributed by atoms with van der Waals surface area (Å²) in [4.78, 5) is 0. The molecule has 1 aliphatic heterocycles. The SMILES string of the molecule is CC(C)(CN)NCC1=COCO1.Cl.Cl. The van der Waals surface area contributed by atoms with Crippen molar-refractivity contribution in [3.63, 3.8) is 0 Å². The van der Waals surface area contributed by atoms with Gasteiger partial charge in [-0.15, -0.1) is 24.8 Å². The maximum Gasteiger partial charge on any atom is 0.229 e. The molecule has 6 heteroatoms. The number of halogens is 2. The van der Waals surface area contributed by atoms with Gasteiger partial charge in [-0.1, -0.05) is 0 Å². The van der Waals surface area contributed by atoms with E-state index in [1.54, 1.807) is 6.26 Å². The molecule has 0 spiro atoms. The smallest absolute Gasteiger partial charge is 0.229 e. The lowest BCUT2D eigenvalue weighted by molar-refractivity contribution is 0.0779. The van der Waals surface area contributed by atoms with Gasteiger partial charge in [-0.3, -0.25) is 0 Å². The van der Waals surface area contributed by atoms with Crippen LogP contribution in [0.25, 0.3) is 0 Å². The second kappa shape index (κ2) is 7.17. The summed E-state index contributed by atoms with van der Waals surface area (Å²) < 4.78 is 10.0. The lowest BCUT2D eigenvalue weighted by Gasteiger charge is -2.23. The largest absolute Gasteiger partial charge is 0.462 e. The molecule has 14 heavy (non-hydrogen) atoms. The van der Waals surface area contributed by atoms with Gasteiger partial charge in [-0.05, 0) is 13.8 Å². The number of nitrogens with two attached hydrogens (primary N) is 1. The molecule has 0 fully saturated rings. The van der Waals surface area contributed by atoms with Crippen molar-refractivity contribution in [1.29, 1.82) is 0 Å². The second-order valence-electron chi connectivity index (χ2n) is 3.45. The molecule has 0 atom stereocenters. The van der Waals surface area contributed by atoms with Crippen LogP contribution in [0.4, 0.5) is 0 Å². The van der Waals surface area contributed by atoms with E-state index in [1.165, 1.54) is 0 Å². The van der Waals surface area contributed by atoms with Crippen LogP contribution in [0, 0.1) is 0 Å². The van der Waals surface area contributed by atoms with E-state index < -0.39 is 0 Å². The van der Waals surface area contributed by atoms with E-state index in [4.69, 9.17) is 15.2 Å². The Balaban J connectivity index is 0. The zero-order valence-corrected chi connectivity index (χ0v) is 10.0. The van der Waals surface area contributed by atoms with Gasteiger partial charge in [0.1, 0.15) is 12.0 Å². The average Bonchev–Trinajstić information content (AvgIpc) is 2.53. The van der Waals surface area contributed by atoms with Crippen molar-refractivity contribution in [2.75, 3.05) is 19.9 Å². The molecular weight excluding hydrogens is 227 g/mol. The maximum atomic E-state index is 5.54. The summed E-state index contributed by atoms with van der Waals surface area (Å²) in [5.41, 5.74) is 5.49. The first-order valence-corrected chi connectivity index (χ1v) is 4.02. The van der Waals surface area contributed by atoms with Crippen molar-refractivity contribution in [2.24, 2.45) is 5.73 Å². The number of hydrogen-bond acceptors (Lipinski definition) is 4. The van der Waals surface area contributed by atoms with Crippen molar-refractivity contribution in [3.05, 3.63) is 12.0 Å². The Morgan fingerprint density at radius 1 is 1.50 bits per heavy atom. The van der Waals surface area contributed by atoms with Gasteiger partial charge in [0.25, 0.3) is 0 Å². The van der Waals surface area contributed by atoms with Gasteiger partial charge in [-0.2, -0.15) is 0 Å². The average molecular weight is 245 g/mol. The minimum atomic E-state index is -0.0488. The highest BCUT2D eigenvalue weighted by Crippen LogP contribution is 2.06. The predicted molar refractivity (Wildman–Crippen MR) is 60.8 cm³/mol. The molecule has 0 aromatic heterocycles. The minimum Gasteiger partial charge on any atom is -0.462 e. The Morgan fingerprint density at radius 2 is 2.14 bits per heavy atom.